The van der Waals surface area contributed by atoms with E-state index in [2.05, 4.69) is 15.9 Å². The molecule has 1 aliphatic rings. The van der Waals surface area contributed by atoms with Crippen LogP contribution in [0.25, 0.3) is 0 Å². The summed E-state index contributed by atoms with van der Waals surface area (Å²) in [5, 5.41) is 0. The third-order valence-corrected chi connectivity index (χ3v) is 4.49. The van der Waals surface area contributed by atoms with Crippen molar-refractivity contribution < 1.29 is 9.00 Å². The van der Waals surface area contributed by atoms with Crippen LogP contribution in [0.5, 0.6) is 0 Å². The van der Waals surface area contributed by atoms with E-state index in [9.17, 15) is 9.00 Å². The predicted octanol–water partition coefficient (Wildman–Crippen LogP) is 1.96. The molecule has 0 unspecified atom stereocenters. The highest BCUT2D eigenvalue weighted by Gasteiger charge is 2.21. The molecule has 3 nitrogen and oxygen atoms in total. The van der Waals surface area contributed by atoms with Crippen LogP contribution >= 0.6 is 15.9 Å². The van der Waals surface area contributed by atoms with Crippen molar-refractivity contribution in [3.05, 3.63) is 33.8 Å². The number of carbonyl (C=O) groups excluding carboxylic acids is 1. The maximum Gasteiger partial charge on any atom is 0.253 e. The molecule has 0 N–H and O–H groups in total. The van der Waals surface area contributed by atoms with E-state index in [4.69, 9.17) is 0 Å². The van der Waals surface area contributed by atoms with Crippen LogP contribution in [-0.2, 0) is 10.8 Å². The molecular formula is C12H14BrNO2S. The Labute approximate surface area is 112 Å². The van der Waals surface area contributed by atoms with Crippen molar-refractivity contribution in [2.24, 2.45) is 0 Å². The summed E-state index contributed by atoms with van der Waals surface area (Å²) in [4.78, 5) is 14.0. The molecule has 92 valence electrons. The summed E-state index contributed by atoms with van der Waals surface area (Å²) in [6, 6.07) is 5.70. The van der Waals surface area contributed by atoms with Gasteiger partial charge < -0.3 is 4.90 Å². The van der Waals surface area contributed by atoms with Crippen molar-refractivity contribution in [2.75, 3.05) is 24.6 Å². The van der Waals surface area contributed by atoms with E-state index in [1.165, 1.54) is 0 Å². The molecule has 17 heavy (non-hydrogen) atoms. The van der Waals surface area contributed by atoms with Crippen molar-refractivity contribution in [3.8, 4) is 0 Å². The first-order valence-electron chi connectivity index (χ1n) is 5.48. The van der Waals surface area contributed by atoms with Gasteiger partial charge in [-0.05, 0) is 30.7 Å². The van der Waals surface area contributed by atoms with Gasteiger partial charge in [0.2, 0.25) is 0 Å². The van der Waals surface area contributed by atoms with E-state index >= 15 is 0 Å². The molecule has 0 saturated carbocycles. The van der Waals surface area contributed by atoms with Gasteiger partial charge in [0.1, 0.15) is 0 Å². The maximum atomic E-state index is 12.2. The van der Waals surface area contributed by atoms with E-state index in [0.717, 1.165) is 10.0 Å². The first kappa shape index (κ1) is 12.8. The summed E-state index contributed by atoms with van der Waals surface area (Å²) >= 11 is 3.40. The number of amides is 1. The first-order valence-corrected chi connectivity index (χ1v) is 7.76. The Balaban J connectivity index is 2.16. The number of benzene rings is 1. The average Bonchev–Trinajstić information content (AvgIpc) is 2.28. The summed E-state index contributed by atoms with van der Waals surface area (Å²) in [6.45, 7) is 3.15. The van der Waals surface area contributed by atoms with Gasteiger partial charge in [-0.15, -0.1) is 0 Å². The zero-order chi connectivity index (χ0) is 12.4. The molecule has 1 aromatic carbocycles. The van der Waals surface area contributed by atoms with E-state index < -0.39 is 10.8 Å². The SMILES string of the molecule is Cc1cc(Br)cc(C(=O)N2CCS(=O)CC2)c1. The zero-order valence-corrected chi connectivity index (χ0v) is 12.0. The van der Waals surface area contributed by atoms with Crippen molar-refractivity contribution in [1.29, 1.82) is 0 Å². The van der Waals surface area contributed by atoms with Crippen LogP contribution in [0.15, 0.2) is 22.7 Å². The molecule has 1 aromatic rings. The molecule has 1 heterocycles. The number of hydrogen-bond donors (Lipinski definition) is 0. The number of halogens is 1. The van der Waals surface area contributed by atoms with Crippen molar-refractivity contribution in [2.45, 2.75) is 6.92 Å². The van der Waals surface area contributed by atoms with Gasteiger partial charge in [0.05, 0.1) is 0 Å². The highest BCUT2D eigenvalue weighted by atomic mass is 79.9. The summed E-state index contributed by atoms with van der Waals surface area (Å²) in [6.07, 6.45) is 0. The quantitative estimate of drug-likeness (QED) is 0.794. The Kier molecular flexibility index (Phi) is 3.99. The smallest absolute Gasteiger partial charge is 0.253 e. The molecule has 1 saturated heterocycles. The monoisotopic (exact) mass is 315 g/mol. The third kappa shape index (κ3) is 3.16. The zero-order valence-electron chi connectivity index (χ0n) is 9.61. The maximum absolute atomic E-state index is 12.2. The van der Waals surface area contributed by atoms with Gasteiger partial charge in [0, 0.05) is 45.4 Å². The fraction of sp³-hybridized carbons (Fsp3) is 0.417. The van der Waals surface area contributed by atoms with E-state index in [1.54, 1.807) is 4.90 Å². The number of hydrogen-bond acceptors (Lipinski definition) is 2. The van der Waals surface area contributed by atoms with Gasteiger partial charge in [-0.3, -0.25) is 9.00 Å². The lowest BCUT2D eigenvalue weighted by Gasteiger charge is -2.26. The lowest BCUT2D eigenvalue weighted by Crippen LogP contribution is -2.41. The minimum atomic E-state index is -0.746. The molecule has 5 heteroatoms. The van der Waals surface area contributed by atoms with Gasteiger partial charge in [-0.1, -0.05) is 15.9 Å². The molecule has 0 atom stereocenters. The molecule has 0 bridgehead atoms. The Hall–Kier alpha value is -0.680. The second-order valence-corrected chi connectivity index (χ2v) is 6.77. The van der Waals surface area contributed by atoms with Crippen LogP contribution in [0, 0.1) is 6.92 Å². The minimum Gasteiger partial charge on any atom is -0.337 e. The van der Waals surface area contributed by atoms with E-state index in [-0.39, 0.29) is 5.91 Å². The minimum absolute atomic E-state index is 0.0334. The van der Waals surface area contributed by atoms with Crippen LogP contribution < -0.4 is 0 Å². The lowest BCUT2D eigenvalue weighted by atomic mass is 10.1. The van der Waals surface area contributed by atoms with Gasteiger partial charge in [0.25, 0.3) is 5.91 Å². The van der Waals surface area contributed by atoms with Gasteiger partial charge in [0.15, 0.2) is 0 Å². The Bertz CT molecular complexity index is 445. The van der Waals surface area contributed by atoms with E-state index in [0.29, 0.717) is 30.2 Å². The van der Waals surface area contributed by atoms with Crippen molar-refractivity contribution >= 4 is 32.6 Å². The standard InChI is InChI=1S/C12H14BrNO2S/c1-9-6-10(8-11(13)7-9)12(15)14-2-4-17(16)5-3-14/h6-8H,2-5H2,1H3. The molecular weight excluding hydrogens is 302 g/mol. The second kappa shape index (κ2) is 5.31. The molecule has 0 aliphatic carbocycles. The van der Waals surface area contributed by atoms with Crippen LogP contribution in [-0.4, -0.2) is 39.6 Å². The fourth-order valence-electron chi connectivity index (χ4n) is 1.88. The second-order valence-electron chi connectivity index (χ2n) is 4.16. The molecule has 0 spiro atoms. The largest absolute Gasteiger partial charge is 0.337 e. The fourth-order valence-corrected chi connectivity index (χ4v) is 3.54. The Morgan fingerprint density at radius 2 is 1.94 bits per heavy atom. The number of nitrogens with zero attached hydrogens (tertiary/aromatic N) is 1. The first-order chi connectivity index (χ1) is 8.06. The predicted molar refractivity (Wildman–Crippen MR) is 72.7 cm³/mol. The summed E-state index contributed by atoms with van der Waals surface area (Å²) in [5.74, 6) is 1.23. The van der Waals surface area contributed by atoms with Crippen molar-refractivity contribution in [1.82, 2.24) is 4.90 Å². The highest BCUT2D eigenvalue weighted by molar-refractivity contribution is 9.10. The Morgan fingerprint density at radius 1 is 1.29 bits per heavy atom. The van der Waals surface area contributed by atoms with Gasteiger partial charge in [-0.2, -0.15) is 0 Å². The normalized spacial score (nSPS) is 17.2. The molecule has 2 rings (SSSR count). The van der Waals surface area contributed by atoms with Crippen LogP contribution in [0.2, 0.25) is 0 Å². The van der Waals surface area contributed by atoms with E-state index in [1.807, 2.05) is 25.1 Å². The summed E-state index contributed by atoms with van der Waals surface area (Å²) in [5.41, 5.74) is 1.76. The summed E-state index contributed by atoms with van der Waals surface area (Å²) < 4.78 is 12.2. The van der Waals surface area contributed by atoms with Gasteiger partial charge in [-0.25, -0.2) is 0 Å². The molecule has 1 amide bonds. The Morgan fingerprint density at radius 3 is 2.53 bits per heavy atom. The molecule has 0 aromatic heterocycles. The number of rotatable bonds is 1. The topological polar surface area (TPSA) is 37.4 Å². The molecule has 0 radical (unpaired) electrons. The average molecular weight is 316 g/mol. The number of aryl methyl sites for hydroxylation is 1. The highest BCUT2D eigenvalue weighted by Crippen LogP contribution is 2.17. The number of carbonyl (C=O) groups is 1. The van der Waals surface area contributed by atoms with Crippen molar-refractivity contribution in [3.63, 3.8) is 0 Å². The summed E-state index contributed by atoms with van der Waals surface area (Å²) in [7, 11) is -0.746. The van der Waals surface area contributed by atoms with Crippen LogP contribution in [0.3, 0.4) is 0 Å². The third-order valence-electron chi connectivity index (χ3n) is 2.75. The van der Waals surface area contributed by atoms with Gasteiger partial charge >= 0.3 is 0 Å². The van der Waals surface area contributed by atoms with Crippen LogP contribution in [0.1, 0.15) is 15.9 Å². The molecule has 1 aliphatic heterocycles. The van der Waals surface area contributed by atoms with Crippen LogP contribution in [0.4, 0.5) is 0 Å². The molecule has 1 fully saturated rings. The lowest BCUT2D eigenvalue weighted by molar-refractivity contribution is 0.0771.